The third kappa shape index (κ3) is 7.40. The van der Waals surface area contributed by atoms with Crippen LogP contribution in [0.5, 0.6) is 0 Å². The van der Waals surface area contributed by atoms with E-state index in [1.165, 1.54) is 0 Å². The lowest BCUT2D eigenvalue weighted by Gasteiger charge is -2.01. The van der Waals surface area contributed by atoms with Crippen molar-refractivity contribution in [3.63, 3.8) is 0 Å². The standard InChI is InChI=1S/C8H13ClO2/c1-2-4-7(9)5-3-6-8(10)11/h3,6-7H,2,4-5H2,1H3,(H,10,11)/b6-3+. The van der Waals surface area contributed by atoms with E-state index in [0.29, 0.717) is 6.42 Å². The SMILES string of the molecule is CCCC(Cl)C/C=C/C(=O)O. The van der Waals surface area contributed by atoms with Crippen LogP contribution in [-0.2, 0) is 4.79 Å². The minimum atomic E-state index is -0.912. The zero-order chi connectivity index (χ0) is 8.69. The average Bonchev–Trinajstić information content (AvgIpc) is 1.87. The Morgan fingerprint density at radius 3 is 2.82 bits per heavy atom. The molecule has 0 spiro atoms. The van der Waals surface area contributed by atoms with Gasteiger partial charge in [0, 0.05) is 11.5 Å². The van der Waals surface area contributed by atoms with E-state index in [1.807, 2.05) is 0 Å². The van der Waals surface area contributed by atoms with Crippen LogP contribution in [0.25, 0.3) is 0 Å². The van der Waals surface area contributed by atoms with Crippen LogP contribution >= 0.6 is 11.6 Å². The summed E-state index contributed by atoms with van der Waals surface area (Å²) in [5.41, 5.74) is 0. The minimum absolute atomic E-state index is 0.0793. The van der Waals surface area contributed by atoms with E-state index in [2.05, 4.69) is 6.92 Å². The summed E-state index contributed by atoms with van der Waals surface area (Å²) < 4.78 is 0. The highest BCUT2D eigenvalue weighted by Gasteiger charge is 1.99. The van der Waals surface area contributed by atoms with E-state index >= 15 is 0 Å². The number of hydrogen-bond acceptors (Lipinski definition) is 1. The Balaban J connectivity index is 3.44. The second kappa shape index (κ2) is 6.23. The van der Waals surface area contributed by atoms with Crippen LogP contribution in [0.2, 0.25) is 0 Å². The van der Waals surface area contributed by atoms with Gasteiger partial charge in [-0.25, -0.2) is 4.79 Å². The molecule has 3 heteroatoms. The number of carboxylic acids is 1. The van der Waals surface area contributed by atoms with Crippen molar-refractivity contribution in [3.05, 3.63) is 12.2 Å². The molecule has 0 bridgehead atoms. The maximum absolute atomic E-state index is 10.0. The molecule has 0 fully saturated rings. The molecule has 64 valence electrons. The lowest BCUT2D eigenvalue weighted by atomic mass is 10.2. The van der Waals surface area contributed by atoms with Crippen molar-refractivity contribution in [2.24, 2.45) is 0 Å². The van der Waals surface area contributed by atoms with Gasteiger partial charge in [-0.15, -0.1) is 11.6 Å². The van der Waals surface area contributed by atoms with Gasteiger partial charge in [0.2, 0.25) is 0 Å². The molecule has 1 N–H and O–H groups in total. The Morgan fingerprint density at radius 1 is 1.73 bits per heavy atom. The Labute approximate surface area is 71.9 Å². The molecule has 1 unspecified atom stereocenters. The van der Waals surface area contributed by atoms with Crippen LogP contribution in [0.15, 0.2) is 12.2 Å². The largest absolute Gasteiger partial charge is 0.478 e. The summed E-state index contributed by atoms with van der Waals surface area (Å²) in [7, 11) is 0. The van der Waals surface area contributed by atoms with Crippen LogP contribution < -0.4 is 0 Å². The van der Waals surface area contributed by atoms with Crippen molar-refractivity contribution in [1.82, 2.24) is 0 Å². The van der Waals surface area contributed by atoms with E-state index in [9.17, 15) is 4.79 Å². The Bertz CT molecular complexity index is 143. The monoisotopic (exact) mass is 176 g/mol. The molecule has 0 heterocycles. The highest BCUT2D eigenvalue weighted by Crippen LogP contribution is 2.09. The first-order valence-electron chi connectivity index (χ1n) is 3.70. The van der Waals surface area contributed by atoms with E-state index in [1.54, 1.807) is 6.08 Å². The molecule has 1 atom stereocenters. The summed E-state index contributed by atoms with van der Waals surface area (Å²) in [5.74, 6) is -0.912. The zero-order valence-corrected chi connectivity index (χ0v) is 7.34. The molecular weight excluding hydrogens is 164 g/mol. The zero-order valence-electron chi connectivity index (χ0n) is 6.59. The summed E-state index contributed by atoms with van der Waals surface area (Å²) in [5, 5.41) is 8.31. The number of hydrogen-bond donors (Lipinski definition) is 1. The molecule has 0 amide bonds. The van der Waals surface area contributed by atoms with Gasteiger partial charge in [-0.2, -0.15) is 0 Å². The molecule has 0 saturated carbocycles. The molecule has 2 nitrogen and oxygen atoms in total. The van der Waals surface area contributed by atoms with E-state index in [0.717, 1.165) is 18.9 Å². The molecule has 0 saturated heterocycles. The first-order valence-corrected chi connectivity index (χ1v) is 4.14. The van der Waals surface area contributed by atoms with Gasteiger partial charge in [0.1, 0.15) is 0 Å². The predicted octanol–water partition coefficient (Wildman–Crippen LogP) is 2.42. The fourth-order valence-corrected chi connectivity index (χ4v) is 1.07. The van der Waals surface area contributed by atoms with Crippen LogP contribution in [0.4, 0.5) is 0 Å². The summed E-state index contributed by atoms with van der Waals surface area (Å²) in [6.45, 7) is 2.05. The van der Waals surface area contributed by atoms with Crippen molar-refractivity contribution in [3.8, 4) is 0 Å². The molecule has 0 aliphatic heterocycles. The van der Waals surface area contributed by atoms with Gasteiger partial charge < -0.3 is 5.11 Å². The molecule has 0 radical (unpaired) electrons. The number of allylic oxidation sites excluding steroid dienone is 1. The van der Waals surface area contributed by atoms with Gasteiger partial charge in [-0.05, 0) is 12.8 Å². The maximum Gasteiger partial charge on any atom is 0.327 e. The molecule has 0 rings (SSSR count). The van der Waals surface area contributed by atoms with Crippen molar-refractivity contribution < 1.29 is 9.90 Å². The quantitative estimate of drug-likeness (QED) is 0.516. The highest BCUT2D eigenvalue weighted by molar-refractivity contribution is 6.20. The molecule has 0 aliphatic rings. The number of carbonyl (C=O) groups is 1. The smallest absolute Gasteiger partial charge is 0.327 e. The maximum atomic E-state index is 10.0. The van der Waals surface area contributed by atoms with Crippen LogP contribution in [-0.4, -0.2) is 16.5 Å². The van der Waals surface area contributed by atoms with E-state index in [-0.39, 0.29) is 5.38 Å². The van der Waals surface area contributed by atoms with Crippen molar-refractivity contribution in [2.75, 3.05) is 0 Å². The second-order valence-electron chi connectivity index (χ2n) is 2.36. The summed E-state index contributed by atoms with van der Waals surface area (Å²) in [4.78, 5) is 10.0. The van der Waals surface area contributed by atoms with Crippen molar-refractivity contribution >= 4 is 17.6 Å². The summed E-state index contributed by atoms with van der Waals surface area (Å²) in [6, 6.07) is 0. The van der Waals surface area contributed by atoms with Gasteiger partial charge in [-0.3, -0.25) is 0 Å². The third-order valence-electron chi connectivity index (χ3n) is 1.25. The second-order valence-corrected chi connectivity index (χ2v) is 2.98. The molecule has 0 aromatic rings. The summed E-state index contributed by atoms with van der Waals surface area (Å²) >= 11 is 5.82. The van der Waals surface area contributed by atoms with Crippen LogP contribution in [0, 0.1) is 0 Å². The van der Waals surface area contributed by atoms with Gasteiger partial charge >= 0.3 is 5.97 Å². The molecule has 11 heavy (non-hydrogen) atoms. The lowest BCUT2D eigenvalue weighted by Crippen LogP contribution is -1.95. The Kier molecular flexibility index (Phi) is 5.94. The van der Waals surface area contributed by atoms with Gasteiger partial charge in [0.25, 0.3) is 0 Å². The number of rotatable bonds is 5. The average molecular weight is 177 g/mol. The number of halogens is 1. The van der Waals surface area contributed by atoms with Crippen molar-refractivity contribution in [2.45, 2.75) is 31.6 Å². The lowest BCUT2D eigenvalue weighted by molar-refractivity contribution is -0.131. The highest BCUT2D eigenvalue weighted by atomic mass is 35.5. The number of aliphatic carboxylic acids is 1. The van der Waals surface area contributed by atoms with Gasteiger partial charge in [0.15, 0.2) is 0 Å². The molecule has 0 aliphatic carbocycles. The topological polar surface area (TPSA) is 37.3 Å². The Hall–Kier alpha value is -0.500. The fraction of sp³-hybridized carbons (Fsp3) is 0.625. The first-order chi connectivity index (χ1) is 5.16. The predicted molar refractivity (Wildman–Crippen MR) is 45.9 cm³/mol. The molecule has 0 aromatic carbocycles. The van der Waals surface area contributed by atoms with Gasteiger partial charge in [0.05, 0.1) is 0 Å². The van der Waals surface area contributed by atoms with Crippen molar-refractivity contribution in [1.29, 1.82) is 0 Å². The van der Waals surface area contributed by atoms with Gasteiger partial charge in [-0.1, -0.05) is 19.4 Å². The Morgan fingerprint density at radius 2 is 2.36 bits per heavy atom. The van der Waals surface area contributed by atoms with Crippen LogP contribution in [0.3, 0.4) is 0 Å². The normalized spacial score (nSPS) is 13.6. The number of carboxylic acid groups (broad SMARTS) is 1. The molecule has 0 aromatic heterocycles. The van der Waals surface area contributed by atoms with E-state index in [4.69, 9.17) is 16.7 Å². The van der Waals surface area contributed by atoms with Crippen LogP contribution in [0.1, 0.15) is 26.2 Å². The first kappa shape index (κ1) is 10.5. The van der Waals surface area contributed by atoms with E-state index < -0.39 is 5.97 Å². The fourth-order valence-electron chi connectivity index (χ4n) is 0.748. The molecular formula is C8H13ClO2. The third-order valence-corrected chi connectivity index (χ3v) is 1.65. The summed E-state index contributed by atoms with van der Waals surface area (Å²) in [6.07, 6.45) is 5.34. The number of alkyl halides is 1. The minimum Gasteiger partial charge on any atom is -0.478 e.